The van der Waals surface area contributed by atoms with Gasteiger partial charge < -0.3 is 10.6 Å². The molecule has 4 aromatic rings. The highest BCUT2D eigenvalue weighted by molar-refractivity contribution is 7.16. The molecule has 4 rings (SSSR count). The summed E-state index contributed by atoms with van der Waals surface area (Å²) in [6.45, 7) is 4.16. The quantitative estimate of drug-likeness (QED) is 0.387. The van der Waals surface area contributed by atoms with Crippen molar-refractivity contribution in [3.8, 4) is 0 Å². The molecule has 0 aliphatic rings. The van der Waals surface area contributed by atoms with Crippen molar-refractivity contribution in [3.63, 3.8) is 0 Å². The summed E-state index contributed by atoms with van der Waals surface area (Å²) in [7, 11) is 0. The monoisotopic (exact) mass is 428 g/mol. The van der Waals surface area contributed by atoms with Crippen molar-refractivity contribution < 1.29 is 4.79 Å². The number of benzene rings is 1. The van der Waals surface area contributed by atoms with Crippen molar-refractivity contribution in [2.75, 3.05) is 10.6 Å². The number of hydrogen-bond donors (Lipinski definition) is 2. The number of aryl methyl sites for hydroxylation is 2. The van der Waals surface area contributed by atoms with Crippen LogP contribution in [0.15, 0.2) is 79.3 Å². The molecule has 1 amide bonds. The topological polar surface area (TPSA) is 66.9 Å². The van der Waals surface area contributed by atoms with Gasteiger partial charge in [-0.25, -0.2) is 4.98 Å². The fourth-order valence-corrected chi connectivity index (χ4v) is 4.39. The lowest BCUT2D eigenvalue weighted by Gasteiger charge is -2.21. The Hall–Kier alpha value is -3.51. The zero-order valence-electron chi connectivity index (χ0n) is 17.5. The summed E-state index contributed by atoms with van der Waals surface area (Å²) in [4.78, 5) is 22.9. The van der Waals surface area contributed by atoms with Crippen molar-refractivity contribution in [2.24, 2.45) is 0 Å². The SMILES string of the molecule is CCc1cc(C(Nc2cc(C)ccn2)c2cccnc2)c(NC(=O)c2ccccc2)s1. The third kappa shape index (κ3) is 4.98. The Balaban J connectivity index is 1.73. The number of pyridine rings is 2. The first-order chi connectivity index (χ1) is 15.1. The van der Waals surface area contributed by atoms with Gasteiger partial charge >= 0.3 is 0 Å². The molecule has 3 aromatic heterocycles. The molecule has 0 bridgehead atoms. The summed E-state index contributed by atoms with van der Waals surface area (Å²) in [6, 6.07) is 19.2. The van der Waals surface area contributed by atoms with Gasteiger partial charge in [0.2, 0.25) is 0 Å². The summed E-state index contributed by atoms with van der Waals surface area (Å²) in [6.07, 6.45) is 6.29. The second-order valence-corrected chi connectivity index (χ2v) is 8.39. The molecule has 2 N–H and O–H groups in total. The molecule has 0 radical (unpaired) electrons. The Morgan fingerprint density at radius 2 is 1.90 bits per heavy atom. The van der Waals surface area contributed by atoms with Crippen LogP contribution in [0.4, 0.5) is 10.8 Å². The Bertz CT molecular complexity index is 1160. The van der Waals surface area contributed by atoms with Crippen molar-refractivity contribution in [3.05, 3.63) is 106 Å². The van der Waals surface area contributed by atoms with Crippen LogP contribution in [-0.4, -0.2) is 15.9 Å². The zero-order valence-corrected chi connectivity index (χ0v) is 18.3. The van der Waals surface area contributed by atoms with Crippen molar-refractivity contribution in [1.82, 2.24) is 9.97 Å². The number of hydrogen-bond acceptors (Lipinski definition) is 5. The van der Waals surface area contributed by atoms with E-state index in [4.69, 9.17) is 0 Å². The highest BCUT2D eigenvalue weighted by Gasteiger charge is 2.23. The number of nitrogens with one attached hydrogen (secondary N) is 2. The molecule has 156 valence electrons. The fourth-order valence-electron chi connectivity index (χ4n) is 3.36. The van der Waals surface area contributed by atoms with Crippen LogP contribution >= 0.6 is 11.3 Å². The van der Waals surface area contributed by atoms with Crippen molar-refractivity contribution in [1.29, 1.82) is 0 Å². The molecular weight excluding hydrogens is 404 g/mol. The van der Waals surface area contributed by atoms with Crippen LogP contribution in [0.25, 0.3) is 0 Å². The molecule has 1 atom stereocenters. The number of carbonyl (C=O) groups excluding carboxylic acids is 1. The van der Waals surface area contributed by atoms with Crippen molar-refractivity contribution in [2.45, 2.75) is 26.3 Å². The Morgan fingerprint density at radius 1 is 1.06 bits per heavy atom. The van der Waals surface area contributed by atoms with Crippen LogP contribution in [0.5, 0.6) is 0 Å². The number of aromatic nitrogens is 2. The largest absolute Gasteiger partial charge is 0.359 e. The Morgan fingerprint density at radius 3 is 2.61 bits per heavy atom. The van der Waals surface area contributed by atoms with Crippen LogP contribution in [0, 0.1) is 6.92 Å². The zero-order chi connectivity index (χ0) is 21.6. The minimum Gasteiger partial charge on any atom is -0.359 e. The van der Waals surface area contributed by atoms with Gasteiger partial charge in [-0.3, -0.25) is 9.78 Å². The summed E-state index contributed by atoms with van der Waals surface area (Å²) in [5.41, 5.74) is 3.76. The first-order valence-electron chi connectivity index (χ1n) is 10.2. The van der Waals surface area contributed by atoms with E-state index in [-0.39, 0.29) is 11.9 Å². The van der Waals surface area contributed by atoms with Crippen molar-refractivity contribution >= 4 is 28.1 Å². The van der Waals surface area contributed by atoms with Gasteiger partial charge in [0.15, 0.2) is 0 Å². The van der Waals surface area contributed by atoms with E-state index in [0.29, 0.717) is 5.56 Å². The third-order valence-electron chi connectivity index (χ3n) is 4.96. The molecule has 5 nitrogen and oxygen atoms in total. The normalized spacial score (nSPS) is 11.7. The summed E-state index contributed by atoms with van der Waals surface area (Å²) in [5.74, 6) is 0.656. The second-order valence-electron chi connectivity index (χ2n) is 7.25. The van der Waals surface area contributed by atoms with Crippen LogP contribution < -0.4 is 10.6 Å². The maximum atomic E-state index is 12.9. The summed E-state index contributed by atoms with van der Waals surface area (Å²) in [5, 5.41) is 7.51. The van der Waals surface area contributed by atoms with Gasteiger partial charge in [0, 0.05) is 34.6 Å². The average molecular weight is 429 g/mol. The predicted octanol–water partition coefficient (Wildman–Crippen LogP) is 5.86. The number of carbonyl (C=O) groups is 1. The lowest BCUT2D eigenvalue weighted by molar-refractivity contribution is 0.102. The smallest absolute Gasteiger partial charge is 0.256 e. The van der Waals surface area contributed by atoms with Gasteiger partial charge in [-0.2, -0.15) is 0 Å². The molecular formula is C25H24N4OS. The van der Waals surface area contributed by atoms with Crippen LogP contribution in [-0.2, 0) is 6.42 Å². The average Bonchev–Trinajstić information content (AvgIpc) is 3.21. The molecule has 0 fully saturated rings. The number of amides is 1. The first-order valence-corrected chi connectivity index (χ1v) is 11.0. The van der Waals surface area contributed by atoms with E-state index < -0.39 is 0 Å². The molecule has 1 unspecified atom stereocenters. The first kappa shape index (κ1) is 20.8. The molecule has 0 spiro atoms. The van der Waals surface area contributed by atoms with Gasteiger partial charge in [-0.05, 0) is 60.9 Å². The predicted molar refractivity (Wildman–Crippen MR) is 127 cm³/mol. The Labute approximate surface area is 186 Å². The third-order valence-corrected chi connectivity index (χ3v) is 6.17. The van der Waals surface area contributed by atoms with E-state index >= 15 is 0 Å². The molecule has 31 heavy (non-hydrogen) atoms. The molecule has 6 heteroatoms. The van der Waals surface area contributed by atoms with Crippen LogP contribution in [0.1, 0.15) is 44.9 Å². The molecule has 0 saturated carbocycles. The van der Waals surface area contributed by atoms with E-state index in [1.165, 1.54) is 4.88 Å². The number of rotatable bonds is 7. The summed E-state index contributed by atoms with van der Waals surface area (Å²) < 4.78 is 0. The molecule has 0 aliphatic heterocycles. The van der Waals surface area contributed by atoms with Gasteiger partial charge in [0.1, 0.15) is 10.8 Å². The van der Waals surface area contributed by atoms with Gasteiger partial charge in [-0.1, -0.05) is 31.2 Å². The van der Waals surface area contributed by atoms with Gasteiger partial charge in [0.25, 0.3) is 5.91 Å². The van der Waals surface area contributed by atoms with Gasteiger partial charge in [0.05, 0.1) is 6.04 Å². The molecule has 0 saturated heterocycles. The number of anilines is 2. The Kier molecular flexibility index (Phi) is 6.38. The molecule has 1 aromatic carbocycles. The molecule has 3 heterocycles. The van der Waals surface area contributed by atoms with E-state index in [9.17, 15) is 4.79 Å². The lowest BCUT2D eigenvalue weighted by Crippen LogP contribution is -2.17. The number of nitrogens with zero attached hydrogens (tertiary/aromatic N) is 2. The fraction of sp³-hybridized carbons (Fsp3) is 0.160. The second kappa shape index (κ2) is 9.53. The molecule has 0 aliphatic carbocycles. The van der Waals surface area contributed by atoms with E-state index in [1.807, 2.05) is 67.7 Å². The van der Waals surface area contributed by atoms with E-state index in [1.54, 1.807) is 23.7 Å². The number of thiophene rings is 1. The van der Waals surface area contributed by atoms with E-state index in [0.717, 1.165) is 33.9 Å². The van der Waals surface area contributed by atoms with Gasteiger partial charge in [-0.15, -0.1) is 11.3 Å². The van der Waals surface area contributed by atoms with Crippen LogP contribution in [0.2, 0.25) is 0 Å². The lowest BCUT2D eigenvalue weighted by atomic mass is 10.0. The minimum absolute atomic E-state index is 0.120. The maximum absolute atomic E-state index is 12.9. The standard InChI is InChI=1S/C25H24N4OS/c1-3-20-15-21(25(31-20)29-24(30)18-8-5-4-6-9-18)23(19-10-7-12-26-16-19)28-22-14-17(2)11-13-27-22/h4-16,23H,3H2,1-2H3,(H,27,28)(H,29,30). The highest BCUT2D eigenvalue weighted by Crippen LogP contribution is 2.38. The minimum atomic E-state index is -0.203. The maximum Gasteiger partial charge on any atom is 0.256 e. The highest BCUT2D eigenvalue weighted by atomic mass is 32.1. The van der Waals surface area contributed by atoms with Crippen LogP contribution in [0.3, 0.4) is 0 Å². The summed E-state index contributed by atoms with van der Waals surface area (Å²) >= 11 is 1.61. The van der Waals surface area contributed by atoms with E-state index in [2.05, 4.69) is 33.6 Å².